The van der Waals surface area contributed by atoms with E-state index < -0.39 is 8.32 Å². The van der Waals surface area contributed by atoms with Crippen LogP contribution < -0.4 is 4.90 Å². The quantitative estimate of drug-likeness (QED) is 0.237. The number of unbranched alkanes of at least 4 members (excludes halogenated alkanes) is 6. The van der Waals surface area contributed by atoms with Gasteiger partial charge < -0.3 is 9.33 Å². The Morgan fingerprint density at radius 3 is 2.28 bits per heavy atom. The van der Waals surface area contributed by atoms with Crippen molar-refractivity contribution >= 4 is 35.0 Å². The molecule has 0 bridgehead atoms. The second-order valence-corrected chi connectivity index (χ2v) is 15.5. The first kappa shape index (κ1) is 24.4. The predicted octanol–water partition coefficient (Wildman–Crippen LogP) is 7.88. The maximum absolute atomic E-state index is 6.47. The molecule has 0 saturated heterocycles. The van der Waals surface area contributed by atoms with E-state index in [9.17, 15) is 0 Å². The van der Waals surface area contributed by atoms with Crippen LogP contribution in [0.2, 0.25) is 18.1 Å². The van der Waals surface area contributed by atoms with E-state index in [1.165, 1.54) is 49.6 Å². The van der Waals surface area contributed by atoms with Crippen molar-refractivity contribution in [3.8, 4) is 0 Å². The van der Waals surface area contributed by atoms with Crippen molar-refractivity contribution in [1.82, 2.24) is 4.98 Å². The highest BCUT2D eigenvalue weighted by Crippen LogP contribution is 2.36. The van der Waals surface area contributed by atoms with Crippen LogP contribution in [0.3, 0.4) is 0 Å². The summed E-state index contributed by atoms with van der Waals surface area (Å²) in [6.07, 6.45) is 9.37. The lowest BCUT2D eigenvalue weighted by Crippen LogP contribution is -2.43. The maximum atomic E-state index is 6.47. The topological polar surface area (TPSA) is 25.4 Å². The van der Waals surface area contributed by atoms with Crippen molar-refractivity contribution in [2.24, 2.45) is 0 Å². The van der Waals surface area contributed by atoms with Gasteiger partial charge in [-0.1, -0.05) is 89.7 Å². The largest absolute Gasteiger partial charge is 0.415 e. The number of fused-ring (bicyclic) bond motifs is 1. The van der Waals surface area contributed by atoms with Crippen molar-refractivity contribution in [1.29, 1.82) is 0 Å². The zero-order chi connectivity index (χ0) is 21.3. The molecule has 0 aliphatic rings. The lowest BCUT2D eigenvalue weighted by atomic mass is 10.1. The van der Waals surface area contributed by atoms with Crippen molar-refractivity contribution in [3.63, 3.8) is 0 Å². The van der Waals surface area contributed by atoms with Crippen LogP contribution in [0.4, 0.5) is 5.13 Å². The molecule has 1 heterocycles. The van der Waals surface area contributed by atoms with Crippen molar-refractivity contribution in [3.05, 3.63) is 24.3 Å². The molecule has 0 amide bonds. The zero-order valence-electron chi connectivity index (χ0n) is 19.6. The molecular weight excluding hydrogens is 392 g/mol. The van der Waals surface area contributed by atoms with Crippen LogP contribution in [0.1, 0.15) is 72.6 Å². The summed E-state index contributed by atoms with van der Waals surface area (Å²) in [5, 5.41) is 1.41. The molecule has 5 heteroatoms. The molecule has 1 aromatic heterocycles. The molecule has 0 radical (unpaired) electrons. The van der Waals surface area contributed by atoms with E-state index in [1.54, 1.807) is 0 Å². The van der Waals surface area contributed by atoms with Gasteiger partial charge in [-0.3, -0.25) is 0 Å². The standard InChI is InChI=1S/C24H42N2OSSi/c1-7-8-9-10-11-12-15-18-26(19-20-27-29(5,6)24(2,3)4)23-25-21-16-13-14-17-22(21)28-23/h13-14,16-17H,7-12,15,18-20H2,1-6H3. The SMILES string of the molecule is CCCCCCCCCN(CCO[Si](C)(C)C(C)(C)C)c1nc2ccccc2s1. The van der Waals surface area contributed by atoms with Crippen LogP contribution in [0, 0.1) is 0 Å². The molecule has 2 aromatic rings. The van der Waals surface area contributed by atoms with Gasteiger partial charge in [-0.05, 0) is 36.7 Å². The second kappa shape index (κ2) is 11.5. The van der Waals surface area contributed by atoms with Gasteiger partial charge in [-0.15, -0.1) is 0 Å². The number of anilines is 1. The minimum Gasteiger partial charge on any atom is -0.415 e. The van der Waals surface area contributed by atoms with Crippen LogP contribution in [0.5, 0.6) is 0 Å². The third kappa shape index (κ3) is 7.69. The molecule has 164 valence electrons. The fourth-order valence-corrected chi connectivity index (χ4v) is 5.24. The molecule has 1 aromatic carbocycles. The highest BCUT2D eigenvalue weighted by atomic mass is 32.1. The molecule has 0 aliphatic heterocycles. The molecule has 0 saturated carbocycles. The summed E-state index contributed by atoms with van der Waals surface area (Å²) in [5.41, 5.74) is 1.11. The molecule has 0 unspecified atom stereocenters. The summed E-state index contributed by atoms with van der Waals surface area (Å²) in [7, 11) is -1.70. The van der Waals surface area contributed by atoms with Crippen LogP contribution in [0.25, 0.3) is 10.2 Å². The molecule has 0 aliphatic carbocycles. The Balaban J connectivity index is 1.94. The van der Waals surface area contributed by atoms with E-state index >= 15 is 0 Å². The average Bonchev–Trinajstić information content (AvgIpc) is 3.09. The first-order chi connectivity index (χ1) is 13.7. The van der Waals surface area contributed by atoms with Crippen LogP contribution >= 0.6 is 11.3 Å². The monoisotopic (exact) mass is 434 g/mol. The fraction of sp³-hybridized carbons (Fsp3) is 0.708. The molecular formula is C24H42N2OSSi. The number of hydrogen-bond donors (Lipinski definition) is 0. The molecule has 3 nitrogen and oxygen atoms in total. The van der Waals surface area contributed by atoms with Gasteiger partial charge in [0.25, 0.3) is 0 Å². The number of para-hydroxylation sites is 1. The lowest BCUT2D eigenvalue weighted by molar-refractivity contribution is 0.293. The maximum Gasteiger partial charge on any atom is 0.192 e. The van der Waals surface area contributed by atoms with Crippen molar-refractivity contribution in [2.45, 2.75) is 90.8 Å². The summed E-state index contributed by atoms with van der Waals surface area (Å²) in [4.78, 5) is 7.38. The van der Waals surface area contributed by atoms with Crippen LogP contribution in [0.15, 0.2) is 24.3 Å². The lowest BCUT2D eigenvalue weighted by Gasteiger charge is -2.36. The number of hydrogen-bond acceptors (Lipinski definition) is 4. The number of benzene rings is 1. The van der Waals surface area contributed by atoms with E-state index in [-0.39, 0.29) is 5.04 Å². The minimum atomic E-state index is -1.70. The van der Waals surface area contributed by atoms with Crippen LogP contribution in [-0.2, 0) is 4.43 Å². The normalized spacial score (nSPS) is 12.6. The number of rotatable bonds is 13. The number of thiazole rings is 1. The molecule has 0 fully saturated rings. The van der Waals surface area contributed by atoms with Gasteiger partial charge in [0.05, 0.1) is 16.8 Å². The predicted molar refractivity (Wildman–Crippen MR) is 133 cm³/mol. The first-order valence-electron chi connectivity index (χ1n) is 11.5. The third-order valence-corrected chi connectivity index (χ3v) is 11.9. The summed E-state index contributed by atoms with van der Waals surface area (Å²) < 4.78 is 7.74. The van der Waals surface area contributed by atoms with Crippen LogP contribution in [-0.4, -0.2) is 33.0 Å². The molecule has 0 N–H and O–H groups in total. The highest BCUT2D eigenvalue weighted by molar-refractivity contribution is 7.22. The van der Waals surface area contributed by atoms with E-state index in [2.05, 4.69) is 70.0 Å². The Labute approximate surface area is 184 Å². The number of nitrogens with zero attached hydrogens (tertiary/aromatic N) is 2. The average molecular weight is 435 g/mol. The second-order valence-electron chi connectivity index (χ2n) is 9.68. The Hall–Kier alpha value is -0.913. The smallest absolute Gasteiger partial charge is 0.192 e. The van der Waals surface area contributed by atoms with E-state index in [0.29, 0.717) is 0 Å². The molecule has 29 heavy (non-hydrogen) atoms. The molecule has 0 atom stereocenters. The van der Waals surface area contributed by atoms with Gasteiger partial charge in [0, 0.05) is 13.1 Å². The Bertz CT molecular complexity index is 690. The Kier molecular flexibility index (Phi) is 9.63. The number of aromatic nitrogens is 1. The van der Waals surface area contributed by atoms with Gasteiger partial charge in [0.1, 0.15) is 0 Å². The van der Waals surface area contributed by atoms with Gasteiger partial charge in [-0.2, -0.15) is 0 Å². The van der Waals surface area contributed by atoms with Gasteiger partial charge in [0.15, 0.2) is 13.4 Å². The van der Waals surface area contributed by atoms with Crippen molar-refractivity contribution in [2.75, 3.05) is 24.6 Å². The first-order valence-corrected chi connectivity index (χ1v) is 15.2. The van der Waals surface area contributed by atoms with Gasteiger partial charge in [0.2, 0.25) is 0 Å². The van der Waals surface area contributed by atoms with E-state index in [4.69, 9.17) is 9.41 Å². The van der Waals surface area contributed by atoms with Crippen molar-refractivity contribution < 1.29 is 4.43 Å². The van der Waals surface area contributed by atoms with E-state index in [0.717, 1.165) is 30.3 Å². The zero-order valence-corrected chi connectivity index (χ0v) is 21.4. The van der Waals surface area contributed by atoms with E-state index in [1.807, 2.05) is 11.3 Å². The molecule has 0 spiro atoms. The third-order valence-electron chi connectivity index (χ3n) is 6.21. The summed E-state index contributed by atoms with van der Waals surface area (Å²) >= 11 is 1.81. The minimum absolute atomic E-state index is 0.256. The summed E-state index contributed by atoms with van der Waals surface area (Å²) in [5.74, 6) is 0. The Morgan fingerprint density at radius 2 is 1.62 bits per heavy atom. The van der Waals surface area contributed by atoms with Gasteiger partial charge in [-0.25, -0.2) is 4.98 Å². The Morgan fingerprint density at radius 1 is 0.966 bits per heavy atom. The van der Waals surface area contributed by atoms with Gasteiger partial charge >= 0.3 is 0 Å². The fourth-order valence-electron chi connectivity index (χ4n) is 3.19. The molecule has 2 rings (SSSR count). The highest BCUT2D eigenvalue weighted by Gasteiger charge is 2.37. The summed E-state index contributed by atoms with van der Waals surface area (Å²) in [6, 6.07) is 8.47. The summed E-state index contributed by atoms with van der Waals surface area (Å²) in [6.45, 7) is 16.7.